The number of carbonyl (C=O) groups is 2. The van der Waals surface area contributed by atoms with E-state index in [2.05, 4.69) is 20.5 Å². The lowest BCUT2D eigenvalue weighted by atomic mass is 9.92. The molecule has 0 unspecified atom stereocenters. The molecule has 0 saturated carbocycles. The van der Waals surface area contributed by atoms with Crippen molar-refractivity contribution in [3.05, 3.63) is 0 Å². The molecule has 1 amide bonds. The van der Waals surface area contributed by atoms with Crippen molar-refractivity contribution >= 4 is 17.8 Å². The number of rotatable bonds is 5. The van der Waals surface area contributed by atoms with Gasteiger partial charge in [0.15, 0.2) is 5.96 Å². The lowest BCUT2D eigenvalue weighted by molar-refractivity contribution is -0.146. The summed E-state index contributed by atoms with van der Waals surface area (Å²) in [6.07, 6.45) is 1.51. The normalized spacial score (nSPS) is 16.9. The van der Waals surface area contributed by atoms with Gasteiger partial charge in [0.25, 0.3) is 0 Å². The van der Waals surface area contributed by atoms with Crippen LogP contribution < -0.4 is 10.6 Å². The molecule has 1 saturated heterocycles. The first-order valence-corrected chi connectivity index (χ1v) is 8.17. The van der Waals surface area contributed by atoms with Crippen LogP contribution in [-0.2, 0) is 14.3 Å². The highest BCUT2D eigenvalue weighted by Crippen LogP contribution is 2.19. The Hall–Kier alpha value is -1.79. The summed E-state index contributed by atoms with van der Waals surface area (Å²) in [5, 5.41) is 6.12. The largest absolute Gasteiger partial charge is 0.469 e. The van der Waals surface area contributed by atoms with Crippen molar-refractivity contribution in [2.75, 3.05) is 40.3 Å². The molecule has 23 heavy (non-hydrogen) atoms. The molecule has 1 rings (SSSR count). The maximum Gasteiger partial charge on any atom is 0.308 e. The predicted octanol–water partition coefficient (Wildman–Crippen LogP) is 0.609. The Kier molecular flexibility index (Phi) is 7.32. The van der Waals surface area contributed by atoms with Crippen LogP contribution in [0.25, 0.3) is 0 Å². The Morgan fingerprint density at radius 2 is 1.87 bits per heavy atom. The summed E-state index contributed by atoms with van der Waals surface area (Å²) in [6.45, 7) is 8.35. The zero-order valence-corrected chi connectivity index (χ0v) is 14.9. The molecule has 0 aliphatic carbocycles. The second kappa shape index (κ2) is 8.74. The van der Waals surface area contributed by atoms with Gasteiger partial charge in [0.05, 0.1) is 18.4 Å². The van der Waals surface area contributed by atoms with E-state index in [1.54, 1.807) is 7.05 Å². The number of carbonyl (C=O) groups excluding carboxylic acids is 2. The minimum absolute atomic E-state index is 0.0207. The molecular formula is C16H30N4O3. The van der Waals surface area contributed by atoms with Gasteiger partial charge in [0, 0.05) is 33.2 Å². The predicted molar refractivity (Wildman–Crippen MR) is 90.1 cm³/mol. The molecule has 2 N–H and O–H groups in total. The van der Waals surface area contributed by atoms with Crippen LogP contribution in [0, 0.1) is 11.3 Å². The number of hydrogen-bond acceptors (Lipinski definition) is 4. The van der Waals surface area contributed by atoms with Gasteiger partial charge in [0.1, 0.15) is 0 Å². The highest BCUT2D eigenvalue weighted by molar-refractivity contribution is 5.84. The number of likely N-dealkylation sites (tertiary alicyclic amines) is 1. The number of nitrogens with zero attached hydrogens (tertiary/aromatic N) is 2. The summed E-state index contributed by atoms with van der Waals surface area (Å²) in [7, 11) is 3.16. The minimum atomic E-state index is -0.518. The molecule has 0 aromatic heterocycles. The summed E-state index contributed by atoms with van der Waals surface area (Å²) in [4.78, 5) is 30.0. The summed E-state index contributed by atoms with van der Waals surface area (Å²) in [5.41, 5.74) is -0.518. The third-order valence-corrected chi connectivity index (χ3v) is 4.18. The summed E-state index contributed by atoms with van der Waals surface area (Å²) in [6, 6.07) is 0. The van der Waals surface area contributed by atoms with Crippen molar-refractivity contribution in [3.63, 3.8) is 0 Å². The van der Waals surface area contributed by atoms with Crippen LogP contribution in [0.3, 0.4) is 0 Å². The standard InChI is InChI=1S/C16H30N4O3/c1-6-18-14(22)16(2,3)11-19-15(17-4)20-9-7-12(8-10-20)13(21)23-5/h12H,6-11H2,1-5H3,(H,17,19)(H,18,22). The van der Waals surface area contributed by atoms with Crippen molar-refractivity contribution in [1.29, 1.82) is 0 Å². The highest BCUT2D eigenvalue weighted by Gasteiger charge is 2.30. The van der Waals surface area contributed by atoms with Crippen molar-refractivity contribution in [1.82, 2.24) is 15.5 Å². The molecule has 7 nitrogen and oxygen atoms in total. The molecule has 0 bridgehead atoms. The van der Waals surface area contributed by atoms with Crippen LogP contribution in [0.15, 0.2) is 4.99 Å². The molecule has 0 aromatic rings. The zero-order valence-electron chi connectivity index (χ0n) is 14.9. The molecule has 0 radical (unpaired) electrons. The molecule has 1 aliphatic heterocycles. The van der Waals surface area contributed by atoms with Gasteiger partial charge in [-0.25, -0.2) is 0 Å². The van der Waals surface area contributed by atoms with Gasteiger partial charge in [-0.3, -0.25) is 14.6 Å². The Morgan fingerprint density at radius 3 is 2.35 bits per heavy atom. The molecule has 0 atom stereocenters. The first kappa shape index (κ1) is 19.3. The topological polar surface area (TPSA) is 83.0 Å². The van der Waals surface area contributed by atoms with E-state index < -0.39 is 5.41 Å². The molecular weight excluding hydrogens is 296 g/mol. The molecule has 132 valence electrons. The number of guanidine groups is 1. The van der Waals surface area contributed by atoms with Crippen molar-refractivity contribution in [2.24, 2.45) is 16.3 Å². The second-order valence-corrected chi connectivity index (χ2v) is 6.43. The van der Waals surface area contributed by atoms with Crippen LogP contribution in [0.2, 0.25) is 0 Å². The van der Waals surface area contributed by atoms with Crippen molar-refractivity contribution < 1.29 is 14.3 Å². The fourth-order valence-corrected chi connectivity index (χ4v) is 2.61. The van der Waals surface area contributed by atoms with Gasteiger partial charge < -0.3 is 20.3 Å². The van der Waals surface area contributed by atoms with E-state index in [1.807, 2.05) is 20.8 Å². The monoisotopic (exact) mass is 326 g/mol. The fraction of sp³-hybridized carbons (Fsp3) is 0.812. The maximum absolute atomic E-state index is 12.0. The van der Waals surface area contributed by atoms with Crippen LogP contribution in [0.4, 0.5) is 0 Å². The highest BCUT2D eigenvalue weighted by atomic mass is 16.5. The van der Waals surface area contributed by atoms with E-state index in [-0.39, 0.29) is 17.8 Å². The zero-order chi connectivity index (χ0) is 17.5. The Labute approximate surface area is 138 Å². The van der Waals surface area contributed by atoms with E-state index in [4.69, 9.17) is 4.74 Å². The van der Waals surface area contributed by atoms with Crippen molar-refractivity contribution in [2.45, 2.75) is 33.6 Å². The van der Waals surface area contributed by atoms with E-state index in [0.29, 0.717) is 13.1 Å². The summed E-state index contributed by atoms with van der Waals surface area (Å²) >= 11 is 0. The van der Waals surface area contributed by atoms with Gasteiger partial charge in [-0.05, 0) is 33.6 Å². The number of methoxy groups -OCH3 is 1. The molecule has 1 fully saturated rings. The van der Waals surface area contributed by atoms with Gasteiger partial charge in [0.2, 0.25) is 5.91 Å². The fourth-order valence-electron chi connectivity index (χ4n) is 2.61. The number of piperidine rings is 1. The number of hydrogen-bond donors (Lipinski definition) is 2. The van der Waals surface area contributed by atoms with Gasteiger partial charge in [-0.1, -0.05) is 0 Å². The average Bonchev–Trinajstić information content (AvgIpc) is 2.55. The van der Waals surface area contributed by atoms with E-state index in [9.17, 15) is 9.59 Å². The van der Waals surface area contributed by atoms with Crippen molar-refractivity contribution in [3.8, 4) is 0 Å². The number of ether oxygens (including phenoxy) is 1. The maximum atomic E-state index is 12.0. The van der Waals surface area contributed by atoms with Crippen LogP contribution >= 0.6 is 0 Å². The summed E-state index contributed by atoms with van der Waals surface area (Å²) < 4.78 is 4.81. The van der Waals surface area contributed by atoms with E-state index >= 15 is 0 Å². The first-order chi connectivity index (χ1) is 10.9. The van der Waals surface area contributed by atoms with Crippen LogP contribution in [-0.4, -0.2) is 63.1 Å². The Morgan fingerprint density at radius 1 is 1.26 bits per heavy atom. The number of amides is 1. The Bertz CT molecular complexity index is 441. The quantitative estimate of drug-likeness (QED) is 0.439. The molecule has 1 heterocycles. The van der Waals surface area contributed by atoms with Gasteiger partial charge in [-0.15, -0.1) is 0 Å². The van der Waals surface area contributed by atoms with Gasteiger partial charge in [-0.2, -0.15) is 0 Å². The lowest BCUT2D eigenvalue weighted by Gasteiger charge is -2.34. The number of esters is 1. The smallest absolute Gasteiger partial charge is 0.308 e. The lowest BCUT2D eigenvalue weighted by Crippen LogP contribution is -2.51. The van der Waals surface area contributed by atoms with Crippen LogP contribution in [0.5, 0.6) is 0 Å². The first-order valence-electron chi connectivity index (χ1n) is 8.17. The summed E-state index contributed by atoms with van der Waals surface area (Å²) in [5.74, 6) is 0.629. The number of aliphatic imine (C=N–C) groups is 1. The third-order valence-electron chi connectivity index (χ3n) is 4.18. The minimum Gasteiger partial charge on any atom is -0.469 e. The SMILES string of the molecule is CCNC(=O)C(C)(C)CNC(=NC)N1CCC(C(=O)OC)CC1. The number of nitrogens with one attached hydrogen (secondary N) is 2. The third kappa shape index (κ3) is 5.41. The van der Waals surface area contributed by atoms with Crippen LogP contribution in [0.1, 0.15) is 33.6 Å². The molecule has 0 aromatic carbocycles. The molecule has 0 spiro atoms. The van der Waals surface area contributed by atoms with Gasteiger partial charge >= 0.3 is 5.97 Å². The Balaban J connectivity index is 2.53. The average molecular weight is 326 g/mol. The molecule has 1 aliphatic rings. The van der Waals surface area contributed by atoms with E-state index in [1.165, 1.54) is 7.11 Å². The van der Waals surface area contributed by atoms with E-state index in [0.717, 1.165) is 31.9 Å². The second-order valence-electron chi connectivity index (χ2n) is 6.43. The molecule has 7 heteroatoms.